The van der Waals surface area contributed by atoms with Gasteiger partial charge in [0.15, 0.2) is 5.82 Å². The number of nitrogens with one attached hydrogen (secondary N) is 1. The number of aromatic amines is 1. The van der Waals surface area contributed by atoms with Gasteiger partial charge in [-0.25, -0.2) is 9.67 Å². The topological polar surface area (TPSA) is 79.7 Å². The molecule has 1 atom stereocenters. The Kier molecular flexibility index (Phi) is 3.43. The van der Waals surface area contributed by atoms with Crippen molar-refractivity contribution in [3.05, 3.63) is 29.6 Å². The summed E-state index contributed by atoms with van der Waals surface area (Å²) in [7, 11) is 0. The Balaban J connectivity index is 1.67. The standard InChI is InChI=1S/C16H22N6O/c1-10(2)7-13-15-19-14(11-3-4-11)20-22(15)6-5-21(13)16(23)12-8-17-18-9-12/h8-11,13H,3-7H2,1-2H3,(H,17,18)/t13-/m0/s1. The molecule has 122 valence electrons. The molecule has 1 amide bonds. The average Bonchev–Trinajstić information content (AvgIpc) is 3.06. The third-order valence-corrected chi connectivity index (χ3v) is 4.59. The van der Waals surface area contributed by atoms with E-state index in [-0.39, 0.29) is 11.9 Å². The van der Waals surface area contributed by atoms with E-state index >= 15 is 0 Å². The Morgan fingerprint density at radius 2 is 2.22 bits per heavy atom. The lowest BCUT2D eigenvalue weighted by Gasteiger charge is -2.35. The minimum absolute atomic E-state index is 0.00819. The second-order valence-corrected chi connectivity index (χ2v) is 6.96. The third kappa shape index (κ3) is 2.64. The molecule has 1 saturated carbocycles. The molecule has 3 heterocycles. The van der Waals surface area contributed by atoms with Crippen LogP contribution in [0.15, 0.2) is 12.4 Å². The van der Waals surface area contributed by atoms with Gasteiger partial charge in [0, 0.05) is 18.7 Å². The van der Waals surface area contributed by atoms with Crippen LogP contribution < -0.4 is 0 Å². The first-order chi connectivity index (χ1) is 11.1. The number of carbonyl (C=O) groups excluding carboxylic acids is 1. The van der Waals surface area contributed by atoms with Gasteiger partial charge in [0.2, 0.25) is 0 Å². The van der Waals surface area contributed by atoms with E-state index in [2.05, 4.69) is 29.1 Å². The summed E-state index contributed by atoms with van der Waals surface area (Å²) >= 11 is 0. The van der Waals surface area contributed by atoms with Crippen LogP contribution in [0.2, 0.25) is 0 Å². The lowest BCUT2D eigenvalue weighted by molar-refractivity contribution is 0.0578. The predicted molar refractivity (Wildman–Crippen MR) is 83.8 cm³/mol. The minimum Gasteiger partial charge on any atom is -0.326 e. The van der Waals surface area contributed by atoms with E-state index < -0.39 is 0 Å². The largest absolute Gasteiger partial charge is 0.326 e. The molecule has 7 heteroatoms. The van der Waals surface area contributed by atoms with E-state index in [1.165, 1.54) is 12.8 Å². The summed E-state index contributed by atoms with van der Waals surface area (Å²) in [6.07, 6.45) is 6.52. The van der Waals surface area contributed by atoms with Gasteiger partial charge in [-0.1, -0.05) is 13.8 Å². The zero-order valence-corrected chi connectivity index (χ0v) is 13.6. The van der Waals surface area contributed by atoms with Gasteiger partial charge in [0.05, 0.1) is 24.3 Å². The smallest absolute Gasteiger partial charge is 0.257 e. The molecule has 0 saturated heterocycles. The van der Waals surface area contributed by atoms with Gasteiger partial charge in [-0.15, -0.1) is 0 Å². The van der Waals surface area contributed by atoms with E-state index in [1.807, 2.05) is 9.58 Å². The van der Waals surface area contributed by atoms with Crippen molar-refractivity contribution in [2.75, 3.05) is 6.54 Å². The number of aromatic nitrogens is 5. The molecule has 0 spiro atoms. The Bertz CT molecular complexity index is 700. The van der Waals surface area contributed by atoms with E-state index in [9.17, 15) is 4.79 Å². The van der Waals surface area contributed by atoms with Crippen LogP contribution in [0.1, 0.15) is 67.1 Å². The molecule has 4 rings (SSSR count). The summed E-state index contributed by atoms with van der Waals surface area (Å²) in [4.78, 5) is 19.6. The molecule has 2 aliphatic rings. The molecule has 0 radical (unpaired) electrons. The quantitative estimate of drug-likeness (QED) is 0.937. The van der Waals surface area contributed by atoms with Gasteiger partial charge in [0.1, 0.15) is 5.82 Å². The Morgan fingerprint density at radius 1 is 1.39 bits per heavy atom. The molecule has 2 aromatic heterocycles. The molecule has 2 aromatic rings. The fourth-order valence-corrected chi connectivity index (χ4v) is 3.25. The van der Waals surface area contributed by atoms with Crippen molar-refractivity contribution < 1.29 is 4.79 Å². The summed E-state index contributed by atoms with van der Waals surface area (Å²) in [6.45, 7) is 5.74. The molecule has 1 fully saturated rings. The molecule has 0 unspecified atom stereocenters. The SMILES string of the molecule is CC(C)C[C@H]1c2nc(C3CC3)nn2CCN1C(=O)c1cn[nH]c1. The molecule has 0 aromatic carbocycles. The highest BCUT2D eigenvalue weighted by molar-refractivity contribution is 5.94. The van der Waals surface area contributed by atoms with Crippen molar-refractivity contribution >= 4 is 5.91 Å². The molecule has 7 nitrogen and oxygen atoms in total. The van der Waals surface area contributed by atoms with Gasteiger partial charge in [-0.2, -0.15) is 10.2 Å². The third-order valence-electron chi connectivity index (χ3n) is 4.59. The first kappa shape index (κ1) is 14.4. The Labute approximate surface area is 135 Å². The molecular weight excluding hydrogens is 292 g/mol. The van der Waals surface area contributed by atoms with Crippen LogP contribution >= 0.6 is 0 Å². The van der Waals surface area contributed by atoms with E-state index in [0.717, 1.165) is 18.1 Å². The Morgan fingerprint density at radius 3 is 2.87 bits per heavy atom. The maximum absolute atomic E-state index is 12.8. The number of fused-ring (bicyclic) bond motifs is 1. The van der Waals surface area contributed by atoms with E-state index in [1.54, 1.807) is 12.4 Å². The van der Waals surface area contributed by atoms with Gasteiger partial charge in [-0.05, 0) is 25.2 Å². The number of nitrogens with zero attached hydrogens (tertiary/aromatic N) is 5. The van der Waals surface area contributed by atoms with Gasteiger partial charge in [-0.3, -0.25) is 9.89 Å². The molecule has 0 bridgehead atoms. The normalized spacial score (nSPS) is 20.8. The van der Waals surface area contributed by atoms with E-state index in [4.69, 9.17) is 4.98 Å². The highest BCUT2D eigenvalue weighted by Crippen LogP contribution is 2.40. The number of hydrogen-bond acceptors (Lipinski definition) is 4. The van der Waals surface area contributed by atoms with Crippen LogP contribution in [-0.2, 0) is 6.54 Å². The first-order valence-electron chi connectivity index (χ1n) is 8.38. The van der Waals surface area contributed by atoms with Crippen LogP contribution in [0.3, 0.4) is 0 Å². The first-order valence-corrected chi connectivity index (χ1v) is 8.38. The highest BCUT2D eigenvalue weighted by atomic mass is 16.2. The average molecular weight is 314 g/mol. The van der Waals surface area contributed by atoms with Crippen molar-refractivity contribution in [1.82, 2.24) is 29.9 Å². The number of amides is 1. The fourth-order valence-electron chi connectivity index (χ4n) is 3.25. The molecule has 1 N–H and O–H groups in total. The Hall–Kier alpha value is -2.18. The molecule has 23 heavy (non-hydrogen) atoms. The van der Waals surface area contributed by atoms with Crippen molar-refractivity contribution in [2.45, 2.75) is 51.6 Å². The minimum atomic E-state index is -0.00819. The van der Waals surface area contributed by atoms with Crippen LogP contribution in [0.4, 0.5) is 0 Å². The predicted octanol–water partition coefficient (Wildman–Crippen LogP) is 2.12. The van der Waals surface area contributed by atoms with Gasteiger partial charge in [0.25, 0.3) is 5.91 Å². The van der Waals surface area contributed by atoms with Crippen molar-refractivity contribution in [3.8, 4) is 0 Å². The molecule has 1 aliphatic heterocycles. The number of hydrogen-bond donors (Lipinski definition) is 1. The van der Waals surface area contributed by atoms with Gasteiger partial charge >= 0.3 is 0 Å². The summed E-state index contributed by atoms with van der Waals surface area (Å²) in [5, 5.41) is 11.3. The van der Waals surface area contributed by atoms with Crippen molar-refractivity contribution in [3.63, 3.8) is 0 Å². The maximum Gasteiger partial charge on any atom is 0.257 e. The van der Waals surface area contributed by atoms with Crippen LogP contribution in [0.5, 0.6) is 0 Å². The number of H-pyrrole nitrogens is 1. The number of carbonyl (C=O) groups is 1. The van der Waals surface area contributed by atoms with Crippen LogP contribution in [0.25, 0.3) is 0 Å². The molecular formula is C16H22N6O. The summed E-state index contributed by atoms with van der Waals surface area (Å²) in [5.41, 5.74) is 0.606. The zero-order valence-electron chi connectivity index (χ0n) is 13.6. The highest BCUT2D eigenvalue weighted by Gasteiger charge is 2.37. The second-order valence-electron chi connectivity index (χ2n) is 6.96. The number of rotatable bonds is 4. The van der Waals surface area contributed by atoms with E-state index in [0.29, 0.717) is 30.5 Å². The molecule has 1 aliphatic carbocycles. The zero-order chi connectivity index (χ0) is 16.0. The maximum atomic E-state index is 12.8. The summed E-state index contributed by atoms with van der Waals surface area (Å²) in [5.74, 6) is 2.94. The van der Waals surface area contributed by atoms with Crippen LogP contribution in [0, 0.1) is 5.92 Å². The van der Waals surface area contributed by atoms with Crippen molar-refractivity contribution in [1.29, 1.82) is 0 Å². The monoisotopic (exact) mass is 314 g/mol. The van der Waals surface area contributed by atoms with Crippen molar-refractivity contribution in [2.24, 2.45) is 5.92 Å². The van der Waals surface area contributed by atoms with Crippen LogP contribution in [-0.4, -0.2) is 42.3 Å². The fraction of sp³-hybridized carbons (Fsp3) is 0.625. The second kappa shape index (κ2) is 5.47. The summed E-state index contributed by atoms with van der Waals surface area (Å²) in [6, 6.07) is -0.00819. The van der Waals surface area contributed by atoms with Gasteiger partial charge < -0.3 is 4.90 Å². The lowest BCUT2D eigenvalue weighted by Crippen LogP contribution is -2.43. The summed E-state index contributed by atoms with van der Waals surface area (Å²) < 4.78 is 2.01. The lowest BCUT2D eigenvalue weighted by atomic mass is 9.99.